The van der Waals surface area contributed by atoms with Crippen molar-refractivity contribution >= 4 is 11.3 Å². The number of aliphatic imine (C=N–C) groups is 1. The Morgan fingerprint density at radius 1 is 1.23 bits per heavy atom. The average Bonchev–Trinajstić information content (AvgIpc) is 2.81. The number of fused-ring (bicyclic) bond motifs is 1. The summed E-state index contributed by atoms with van der Waals surface area (Å²) in [6, 6.07) is 7.36. The van der Waals surface area contributed by atoms with Crippen molar-refractivity contribution in [3.05, 3.63) is 65.9 Å². The molecule has 2 N–H and O–H groups in total. The fraction of sp³-hybridized carbons (Fsp3) is 0.519. The Labute approximate surface area is 189 Å². The number of likely N-dealkylation sites (N-methyl/N-ethyl adjacent to an activating group) is 2. The molecule has 0 amide bonds. The van der Waals surface area contributed by atoms with Gasteiger partial charge in [0, 0.05) is 44.1 Å². The van der Waals surface area contributed by atoms with Gasteiger partial charge in [-0.15, -0.1) is 0 Å². The average molecular weight is 421 g/mol. The van der Waals surface area contributed by atoms with E-state index in [1.807, 2.05) is 19.3 Å². The minimum absolute atomic E-state index is 0.556. The van der Waals surface area contributed by atoms with E-state index in [1.165, 1.54) is 61.9 Å². The Morgan fingerprint density at radius 2 is 2.06 bits per heavy atom. The Bertz CT molecular complexity index is 797. The van der Waals surface area contributed by atoms with Crippen molar-refractivity contribution in [3.63, 3.8) is 0 Å². The normalized spacial score (nSPS) is 21.7. The smallest absolute Gasteiger partial charge is 0.0266 e. The number of rotatable bonds is 5. The Morgan fingerprint density at radius 3 is 2.77 bits per heavy atom. The van der Waals surface area contributed by atoms with E-state index in [4.69, 9.17) is 0 Å². The van der Waals surface area contributed by atoms with Crippen molar-refractivity contribution in [2.75, 3.05) is 33.7 Å². The SMILES string of the molecule is C=C/C=C\N=C1CCCCC1.CNCC1Cc2c(cccc2C2=CCN(C)CC2)CN1. The van der Waals surface area contributed by atoms with Crippen LogP contribution in [0.5, 0.6) is 0 Å². The van der Waals surface area contributed by atoms with Crippen molar-refractivity contribution in [1.82, 2.24) is 15.5 Å². The lowest BCUT2D eigenvalue weighted by Gasteiger charge is -2.30. The number of benzene rings is 1. The van der Waals surface area contributed by atoms with Crippen LogP contribution in [0.2, 0.25) is 0 Å². The van der Waals surface area contributed by atoms with E-state index in [9.17, 15) is 0 Å². The summed E-state index contributed by atoms with van der Waals surface area (Å²) >= 11 is 0. The first-order valence-corrected chi connectivity index (χ1v) is 11.9. The van der Waals surface area contributed by atoms with Crippen LogP contribution in [0.1, 0.15) is 55.2 Å². The topological polar surface area (TPSA) is 39.7 Å². The van der Waals surface area contributed by atoms with E-state index in [0.717, 1.165) is 26.1 Å². The molecule has 1 unspecified atom stereocenters. The number of hydrogen-bond donors (Lipinski definition) is 2. The van der Waals surface area contributed by atoms with E-state index in [-0.39, 0.29) is 0 Å². The zero-order valence-electron chi connectivity index (χ0n) is 19.5. The molecule has 1 aliphatic carbocycles. The van der Waals surface area contributed by atoms with Gasteiger partial charge in [0.25, 0.3) is 0 Å². The van der Waals surface area contributed by atoms with Crippen LogP contribution in [0.4, 0.5) is 0 Å². The van der Waals surface area contributed by atoms with Gasteiger partial charge in [-0.2, -0.15) is 0 Å². The maximum atomic E-state index is 4.34. The molecule has 1 fully saturated rings. The van der Waals surface area contributed by atoms with E-state index in [2.05, 4.69) is 58.4 Å². The van der Waals surface area contributed by atoms with E-state index < -0.39 is 0 Å². The number of allylic oxidation sites excluding steroid dienone is 2. The van der Waals surface area contributed by atoms with E-state index >= 15 is 0 Å². The first-order valence-electron chi connectivity index (χ1n) is 11.9. The zero-order valence-corrected chi connectivity index (χ0v) is 19.5. The summed E-state index contributed by atoms with van der Waals surface area (Å²) in [4.78, 5) is 6.72. The molecule has 31 heavy (non-hydrogen) atoms. The third-order valence-electron chi connectivity index (χ3n) is 6.42. The summed E-state index contributed by atoms with van der Waals surface area (Å²) in [6.45, 7) is 7.88. The third-order valence-corrected chi connectivity index (χ3v) is 6.42. The van der Waals surface area contributed by atoms with Crippen LogP contribution in [0, 0.1) is 0 Å². The molecule has 2 heterocycles. The molecule has 0 bridgehead atoms. The molecule has 0 aromatic heterocycles. The van der Waals surface area contributed by atoms with Gasteiger partial charge in [0.1, 0.15) is 0 Å². The molecule has 0 saturated heterocycles. The van der Waals surface area contributed by atoms with Crippen LogP contribution >= 0.6 is 0 Å². The van der Waals surface area contributed by atoms with Gasteiger partial charge in [0.15, 0.2) is 0 Å². The fourth-order valence-corrected chi connectivity index (χ4v) is 4.62. The zero-order chi connectivity index (χ0) is 21.9. The van der Waals surface area contributed by atoms with Gasteiger partial charge in [0.05, 0.1) is 0 Å². The summed E-state index contributed by atoms with van der Waals surface area (Å²) < 4.78 is 0. The maximum Gasteiger partial charge on any atom is 0.0266 e. The Balaban J connectivity index is 0.000000210. The van der Waals surface area contributed by atoms with Crippen LogP contribution < -0.4 is 10.6 Å². The second-order valence-corrected chi connectivity index (χ2v) is 8.86. The van der Waals surface area contributed by atoms with Crippen LogP contribution in [0.25, 0.3) is 5.57 Å². The van der Waals surface area contributed by atoms with Gasteiger partial charge in [0.2, 0.25) is 0 Å². The number of nitrogens with zero attached hydrogens (tertiary/aromatic N) is 2. The van der Waals surface area contributed by atoms with Crippen molar-refractivity contribution in [1.29, 1.82) is 0 Å². The Hall–Kier alpha value is -2.01. The summed E-state index contributed by atoms with van der Waals surface area (Å²) in [5.41, 5.74) is 7.45. The quantitative estimate of drug-likeness (QED) is 0.677. The first-order chi connectivity index (χ1) is 15.2. The van der Waals surface area contributed by atoms with E-state index in [0.29, 0.717) is 6.04 Å². The molecule has 4 heteroatoms. The van der Waals surface area contributed by atoms with Gasteiger partial charge < -0.3 is 15.5 Å². The molecule has 1 saturated carbocycles. The van der Waals surface area contributed by atoms with Crippen LogP contribution in [0.3, 0.4) is 0 Å². The second-order valence-electron chi connectivity index (χ2n) is 8.86. The third kappa shape index (κ3) is 7.27. The highest BCUT2D eigenvalue weighted by molar-refractivity contribution is 5.85. The highest BCUT2D eigenvalue weighted by Crippen LogP contribution is 2.30. The van der Waals surface area contributed by atoms with Crippen molar-refractivity contribution in [2.45, 2.75) is 57.5 Å². The molecule has 1 atom stereocenters. The molecule has 3 aliphatic rings. The van der Waals surface area contributed by atoms with Crippen LogP contribution in [-0.2, 0) is 13.0 Å². The lowest BCUT2D eigenvalue weighted by molar-refractivity contribution is 0.370. The molecular formula is C27H40N4. The molecule has 2 aliphatic heterocycles. The molecule has 0 spiro atoms. The van der Waals surface area contributed by atoms with Gasteiger partial charge in [-0.3, -0.25) is 4.99 Å². The predicted octanol–water partition coefficient (Wildman–Crippen LogP) is 4.73. The first kappa shape index (κ1) is 23.6. The number of nitrogens with one attached hydrogen (secondary N) is 2. The van der Waals surface area contributed by atoms with Crippen molar-refractivity contribution < 1.29 is 0 Å². The van der Waals surface area contributed by atoms with Crippen LogP contribution in [-0.4, -0.2) is 50.4 Å². The monoisotopic (exact) mass is 420 g/mol. The van der Waals surface area contributed by atoms with Crippen molar-refractivity contribution in [3.8, 4) is 0 Å². The lowest BCUT2D eigenvalue weighted by atomic mass is 9.86. The standard InChI is InChI=1S/C17H25N3.C10H15N/c1-18-12-15-10-17-14(11-19-15)4-3-5-16(17)13-6-8-20(2)9-7-13;1-2-3-9-11-10-7-5-4-6-8-10/h3-6,15,18-19H,7-12H2,1-2H3;2-3,9H,1,4-8H2/b;9-3-. The summed E-state index contributed by atoms with van der Waals surface area (Å²) in [5, 5.41) is 6.91. The maximum absolute atomic E-state index is 4.34. The Kier molecular flexibility index (Phi) is 9.73. The van der Waals surface area contributed by atoms with Gasteiger partial charge in [-0.05, 0) is 81.0 Å². The molecule has 0 radical (unpaired) electrons. The molecule has 1 aromatic rings. The highest BCUT2D eigenvalue weighted by atomic mass is 15.1. The summed E-state index contributed by atoms with van der Waals surface area (Å²) in [5.74, 6) is 0. The predicted molar refractivity (Wildman–Crippen MR) is 135 cm³/mol. The second kappa shape index (κ2) is 12.7. The van der Waals surface area contributed by atoms with Gasteiger partial charge in [-0.25, -0.2) is 0 Å². The molecule has 4 nitrogen and oxygen atoms in total. The van der Waals surface area contributed by atoms with Gasteiger partial charge in [-0.1, -0.05) is 43.4 Å². The molecule has 168 valence electrons. The van der Waals surface area contributed by atoms with Crippen molar-refractivity contribution in [2.24, 2.45) is 4.99 Å². The summed E-state index contributed by atoms with van der Waals surface area (Å²) in [6.07, 6.45) is 16.6. The van der Waals surface area contributed by atoms with E-state index in [1.54, 1.807) is 17.2 Å². The summed E-state index contributed by atoms with van der Waals surface area (Å²) in [7, 11) is 4.23. The highest BCUT2D eigenvalue weighted by Gasteiger charge is 2.22. The molecule has 1 aromatic carbocycles. The van der Waals surface area contributed by atoms with Crippen LogP contribution in [0.15, 0.2) is 54.2 Å². The largest absolute Gasteiger partial charge is 0.318 e. The minimum Gasteiger partial charge on any atom is -0.318 e. The minimum atomic E-state index is 0.556. The molecular weight excluding hydrogens is 380 g/mol. The number of hydrogen-bond acceptors (Lipinski definition) is 4. The lowest BCUT2D eigenvalue weighted by Crippen LogP contribution is -2.42. The van der Waals surface area contributed by atoms with Gasteiger partial charge >= 0.3 is 0 Å². The molecule has 4 rings (SSSR count). The fourth-order valence-electron chi connectivity index (χ4n) is 4.62.